The van der Waals surface area contributed by atoms with Gasteiger partial charge < -0.3 is 19.3 Å². The highest BCUT2D eigenvalue weighted by Gasteiger charge is 2.14. The van der Waals surface area contributed by atoms with Crippen LogP contribution >= 0.6 is 0 Å². The SMILES string of the molecule is CCOc1ccc(-c2noc(CCC(=O)Nc3ccccn3)n2)cc1OCC. The van der Waals surface area contributed by atoms with Crippen molar-refractivity contribution in [3.63, 3.8) is 0 Å². The summed E-state index contributed by atoms with van der Waals surface area (Å²) in [6, 6.07) is 10.8. The van der Waals surface area contributed by atoms with E-state index in [0.29, 0.717) is 48.7 Å². The van der Waals surface area contributed by atoms with Crippen molar-refractivity contribution in [2.45, 2.75) is 26.7 Å². The van der Waals surface area contributed by atoms with Gasteiger partial charge in [-0.15, -0.1) is 0 Å². The Labute approximate surface area is 162 Å². The average molecular weight is 382 g/mol. The number of carbonyl (C=O) groups excluding carboxylic acids is 1. The highest BCUT2D eigenvalue weighted by Crippen LogP contribution is 2.32. The summed E-state index contributed by atoms with van der Waals surface area (Å²) in [5, 5.41) is 6.72. The van der Waals surface area contributed by atoms with Crippen LogP contribution in [0.2, 0.25) is 0 Å². The van der Waals surface area contributed by atoms with Gasteiger partial charge in [0.1, 0.15) is 5.82 Å². The number of rotatable bonds is 9. The number of carbonyl (C=O) groups is 1. The average Bonchev–Trinajstić information content (AvgIpc) is 3.18. The molecule has 8 heteroatoms. The van der Waals surface area contributed by atoms with Crippen molar-refractivity contribution >= 4 is 11.7 Å². The molecule has 0 radical (unpaired) electrons. The summed E-state index contributed by atoms with van der Waals surface area (Å²) >= 11 is 0. The molecule has 2 aromatic heterocycles. The number of benzene rings is 1. The minimum atomic E-state index is -0.168. The van der Waals surface area contributed by atoms with E-state index in [4.69, 9.17) is 14.0 Å². The van der Waals surface area contributed by atoms with E-state index in [1.807, 2.05) is 32.0 Å². The first-order valence-corrected chi connectivity index (χ1v) is 9.13. The van der Waals surface area contributed by atoms with Crippen LogP contribution in [-0.4, -0.2) is 34.2 Å². The lowest BCUT2D eigenvalue weighted by molar-refractivity contribution is -0.116. The third kappa shape index (κ3) is 5.06. The number of aryl methyl sites for hydroxylation is 1. The van der Waals surface area contributed by atoms with E-state index in [0.717, 1.165) is 5.56 Å². The van der Waals surface area contributed by atoms with Gasteiger partial charge in [-0.2, -0.15) is 4.98 Å². The third-order valence-electron chi connectivity index (χ3n) is 3.77. The molecular formula is C20H22N4O4. The molecule has 0 atom stereocenters. The van der Waals surface area contributed by atoms with Crippen LogP contribution in [-0.2, 0) is 11.2 Å². The largest absolute Gasteiger partial charge is 0.490 e. The van der Waals surface area contributed by atoms with Crippen molar-refractivity contribution in [1.82, 2.24) is 15.1 Å². The van der Waals surface area contributed by atoms with E-state index < -0.39 is 0 Å². The quantitative estimate of drug-likeness (QED) is 0.604. The third-order valence-corrected chi connectivity index (χ3v) is 3.77. The molecule has 0 saturated carbocycles. The van der Waals surface area contributed by atoms with Crippen LogP contribution in [0.15, 0.2) is 47.1 Å². The van der Waals surface area contributed by atoms with Crippen LogP contribution in [0.1, 0.15) is 26.2 Å². The first-order valence-electron chi connectivity index (χ1n) is 9.13. The number of pyridine rings is 1. The van der Waals surface area contributed by atoms with E-state index in [-0.39, 0.29) is 12.3 Å². The first-order chi connectivity index (χ1) is 13.7. The molecule has 3 aromatic rings. The fourth-order valence-corrected chi connectivity index (χ4v) is 2.53. The molecule has 0 saturated heterocycles. The lowest BCUT2D eigenvalue weighted by atomic mass is 10.2. The molecule has 146 valence electrons. The Morgan fingerprint density at radius 3 is 2.68 bits per heavy atom. The summed E-state index contributed by atoms with van der Waals surface area (Å²) < 4.78 is 16.5. The Morgan fingerprint density at radius 2 is 1.93 bits per heavy atom. The first kappa shape index (κ1) is 19.3. The van der Waals surface area contributed by atoms with Crippen molar-refractivity contribution < 1.29 is 18.8 Å². The Balaban J connectivity index is 1.63. The zero-order chi connectivity index (χ0) is 19.8. The molecule has 2 heterocycles. The standard InChI is InChI=1S/C20H22N4O4/c1-3-26-15-9-8-14(13-16(15)27-4-2)20-23-19(28-24-20)11-10-18(25)22-17-7-5-6-12-21-17/h5-9,12-13H,3-4,10-11H2,1-2H3,(H,21,22,25). The van der Waals surface area contributed by atoms with Gasteiger partial charge >= 0.3 is 0 Å². The van der Waals surface area contributed by atoms with Gasteiger partial charge in [0.2, 0.25) is 17.6 Å². The van der Waals surface area contributed by atoms with Crippen molar-refractivity contribution in [2.24, 2.45) is 0 Å². The molecule has 0 bridgehead atoms. The zero-order valence-electron chi connectivity index (χ0n) is 15.8. The molecule has 1 N–H and O–H groups in total. The summed E-state index contributed by atoms with van der Waals surface area (Å²) in [5.74, 6) is 2.46. The molecule has 0 aliphatic carbocycles. The smallest absolute Gasteiger partial charge is 0.227 e. The van der Waals surface area contributed by atoms with Gasteiger partial charge in [0.15, 0.2) is 11.5 Å². The number of hydrogen-bond acceptors (Lipinski definition) is 7. The molecule has 3 rings (SSSR count). The number of hydrogen-bond donors (Lipinski definition) is 1. The second-order valence-corrected chi connectivity index (χ2v) is 5.80. The van der Waals surface area contributed by atoms with E-state index in [9.17, 15) is 4.79 Å². The number of nitrogens with zero attached hydrogens (tertiary/aromatic N) is 3. The molecule has 0 aliphatic rings. The zero-order valence-corrected chi connectivity index (χ0v) is 15.8. The van der Waals surface area contributed by atoms with E-state index >= 15 is 0 Å². The fraction of sp³-hybridized carbons (Fsp3) is 0.300. The van der Waals surface area contributed by atoms with Crippen molar-refractivity contribution in [1.29, 1.82) is 0 Å². The van der Waals surface area contributed by atoms with Crippen LogP contribution in [0, 0.1) is 0 Å². The summed E-state index contributed by atoms with van der Waals surface area (Å²) in [4.78, 5) is 20.4. The van der Waals surface area contributed by atoms with Crippen LogP contribution in [0.3, 0.4) is 0 Å². The Hall–Kier alpha value is -3.42. The Kier molecular flexibility index (Phi) is 6.56. The van der Waals surface area contributed by atoms with Gasteiger partial charge in [-0.05, 0) is 44.2 Å². The molecule has 0 unspecified atom stereocenters. The molecule has 1 amide bonds. The van der Waals surface area contributed by atoms with Crippen molar-refractivity contribution in [3.8, 4) is 22.9 Å². The second-order valence-electron chi connectivity index (χ2n) is 5.80. The normalized spacial score (nSPS) is 10.5. The number of amides is 1. The molecule has 28 heavy (non-hydrogen) atoms. The highest BCUT2D eigenvalue weighted by molar-refractivity contribution is 5.89. The maximum Gasteiger partial charge on any atom is 0.227 e. The van der Waals surface area contributed by atoms with Gasteiger partial charge in [0, 0.05) is 24.6 Å². The topological polar surface area (TPSA) is 99.4 Å². The highest BCUT2D eigenvalue weighted by atomic mass is 16.5. The minimum Gasteiger partial charge on any atom is -0.490 e. The van der Waals surface area contributed by atoms with Gasteiger partial charge in [-0.3, -0.25) is 4.79 Å². The van der Waals surface area contributed by atoms with Gasteiger partial charge in [-0.1, -0.05) is 11.2 Å². The van der Waals surface area contributed by atoms with E-state index in [2.05, 4.69) is 20.4 Å². The number of ether oxygens (including phenoxy) is 2. The lowest BCUT2D eigenvalue weighted by Gasteiger charge is -2.11. The number of nitrogens with one attached hydrogen (secondary N) is 1. The lowest BCUT2D eigenvalue weighted by Crippen LogP contribution is -2.13. The van der Waals surface area contributed by atoms with E-state index in [1.165, 1.54) is 0 Å². The number of aromatic nitrogens is 3. The second kappa shape index (κ2) is 9.50. The summed E-state index contributed by atoms with van der Waals surface area (Å²) in [6.45, 7) is 4.89. The molecular weight excluding hydrogens is 360 g/mol. The van der Waals surface area contributed by atoms with Gasteiger partial charge in [0.05, 0.1) is 13.2 Å². The summed E-state index contributed by atoms with van der Waals surface area (Å²) in [7, 11) is 0. The molecule has 8 nitrogen and oxygen atoms in total. The van der Waals surface area contributed by atoms with Crippen LogP contribution in [0.4, 0.5) is 5.82 Å². The summed E-state index contributed by atoms with van der Waals surface area (Å²) in [6.07, 6.45) is 2.17. The molecule has 0 aliphatic heterocycles. The van der Waals surface area contributed by atoms with Crippen molar-refractivity contribution in [2.75, 3.05) is 18.5 Å². The van der Waals surface area contributed by atoms with Gasteiger partial charge in [0.25, 0.3) is 0 Å². The predicted octanol–water partition coefficient (Wildman–Crippen LogP) is 3.50. The monoisotopic (exact) mass is 382 g/mol. The van der Waals surface area contributed by atoms with Crippen LogP contribution in [0.5, 0.6) is 11.5 Å². The maximum absolute atomic E-state index is 12.0. The fourth-order valence-electron chi connectivity index (χ4n) is 2.53. The number of anilines is 1. The summed E-state index contributed by atoms with van der Waals surface area (Å²) in [5.41, 5.74) is 0.750. The molecule has 1 aromatic carbocycles. The molecule has 0 spiro atoms. The van der Waals surface area contributed by atoms with E-state index in [1.54, 1.807) is 24.4 Å². The Morgan fingerprint density at radius 1 is 1.11 bits per heavy atom. The maximum atomic E-state index is 12.0. The molecule has 0 fully saturated rings. The van der Waals surface area contributed by atoms with Crippen LogP contribution in [0.25, 0.3) is 11.4 Å². The van der Waals surface area contributed by atoms with Crippen LogP contribution < -0.4 is 14.8 Å². The minimum absolute atomic E-state index is 0.168. The predicted molar refractivity (Wildman–Crippen MR) is 103 cm³/mol. The Bertz CT molecular complexity index is 912. The van der Waals surface area contributed by atoms with Crippen molar-refractivity contribution in [3.05, 3.63) is 48.5 Å². The van der Waals surface area contributed by atoms with Gasteiger partial charge in [-0.25, -0.2) is 4.98 Å².